The molecule has 0 aliphatic carbocycles. The van der Waals surface area contributed by atoms with Crippen LogP contribution < -0.4 is 0 Å². The van der Waals surface area contributed by atoms with Gasteiger partial charge in [0.25, 0.3) is 0 Å². The fourth-order valence-electron chi connectivity index (χ4n) is 0.0933. The van der Waals surface area contributed by atoms with Crippen molar-refractivity contribution in [1.82, 2.24) is 4.90 Å². The summed E-state index contributed by atoms with van der Waals surface area (Å²) in [5.74, 6) is -7.72. The average Bonchev–Trinajstić information content (AvgIpc) is 2.04. The predicted octanol–water partition coefficient (Wildman–Crippen LogP) is 0.676. The summed E-state index contributed by atoms with van der Waals surface area (Å²) in [6.07, 6.45) is -3.39. The Balaban J connectivity index is 0. The Morgan fingerprint density at radius 3 is 1.71 bits per heavy atom. The molecule has 0 unspecified atom stereocenters. The Kier molecular flexibility index (Phi) is 6.67. The van der Waals surface area contributed by atoms with Crippen LogP contribution >= 0.6 is 0 Å². The van der Waals surface area contributed by atoms with Gasteiger partial charge in [-0.15, -0.1) is 0 Å². The second kappa shape index (κ2) is 6.17. The van der Waals surface area contributed by atoms with Crippen molar-refractivity contribution in [3.63, 3.8) is 0 Å². The number of carbonyl (C=O) groups excluding carboxylic acids is 1. The number of carboxylic acids is 1. The van der Waals surface area contributed by atoms with Crippen LogP contribution in [0.15, 0.2) is 0 Å². The Labute approximate surface area is 77.1 Å². The molecule has 1 N–H and O–H groups in total. The molecule has 0 aliphatic rings. The van der Waals surface area contributed by atoms with Crippen LogP contribution in [0.2, 0.25) is 0 Å². The fraction of sp³-hybridized carbons (Fsp3) is 0.667. The summed E-state index contributed by atoms with van der Waals surface area (Å²) in [6, 6.07) is 0. The van der Waals surface area contributed by atoms with E-state index in [1.54, 1.807) is 14.1 Å². The minimum absolute atomic E-state index is 0.750. The third-order valence-electron chi connectivity index (χ3n) is 0.770. The normalized spacial score (nSPS) is 10.2. The van der Waals surface area contributed by atoms with Gasteiger partial charge in [-0.1, -0.05) is 0 Å². The van der Waals surface area contributed by atoms with Crippen LogP contribution in [0.4, 0.5) is 17.6 Å². The molecule has 0 rings (SSSR count). The first-order valence-electron chi connectivity index (χ1n) is 3.17. The summed E-state index contributed by atoms with van der Waals surface area (Å²) >= 11 is 0. The molecule has 0 saturated heterocycles. The van der Waals surface area contributed by atoms with Gasteiger partial charge in [-0.25, -0.2) is 13.6 Å². The lowest BCUT2D eigenvalue weighted by Crippen LogP contribution is -2.35. The molecule has 0 fully saturated rings. The lowest BCUT2D eigenvalue weighted by molar-refractivity contribution is -0.187. The Hall–Kier alpha value is -1.34. The maximum Gasteiger partial charge on any atom is 0.401 e. The van der Waals surface area contributed by atoms with E-state index in [4.69, 9.17) is 5.11 Å². The Bertz CT molecular complexity index is 196. The van der Waals surface area contributed by atoms with Gasteiger partial charge in [0.05, 0.1) is 0 Å². The lowest BCUT2D eigenvalue weighted by atomic mass is 10.4. The zero-order valence-corrected chi connectivity index (χ0v) is 7.38. The van der Waals surface area contributed by atoms with Gasteiger partial charge in [0.15, 0.2) is 0 Å². The van der Waals surface area contributed by atoms with Crippen LogP contribution in [0.25, 0.3) is 0 Å². The number of carbonyl (C=O) groups is 2. The van der Waals surface area contributed by atoms with E-state index in [1.807, 2.05) is 0 Å². The van der Waals surface area contributed by atoms with E-state index in [-0.39, 0.29) is 0 Å². The van der Waals surface area contributed by atoms with Gasteiger partial charge in [-0.2, -0.15) is 8.78 Å². The second-order valence-electron chi connectivity index (χ2n) is 2.30. The molecule has 0 aromatic carbocycles. The molecule has 0 heterocycles. The molecule has 0 radical (unpaired) electrons. The average molecular weight is 219 g/mol. The number of hydrogen-bond donors (Lipinski definition) is 1. The maximum atomic E-state index is 11.3. The molecule has 14 heavy (non-hydrogen) atoms. The third-order valence-corrected chi connectivity index (χ3v) is 0.770. The molecule has 4 nitrogen and oxygen atoms in total. The van der Waals surface area contributed by atoms with Crippen molar-refractivity contribution in [2.75, 3.05) is 14.1 Å². The van der Waals surface area contributed by atoms with E-state index < -0.39 is 18.3 Å². The molecule has 0 bridgehead atoms. The van der Waals surface area contributed by atoms with Crippen molar-refractivity contribution in [1.29, 1.82) is 0 Å². The summed E-state index contributed by atoms with van der Waals surface area (Å²) in [5, 5.41) is 7.38. The number of amides is 1. The van der Waals surface area contributed by atoms with E-state index in [0.29, 0.717) is 0 Å². The molecule has 0 aromatic heterocycles. The number of aliphatic carboxylic acids is 1. The topological polar surface area (TPSA) is 57.6 Å². The first-order valence-corrected chi connectivity index (χ1v) is 3.17. The van der Waals surface area contributed by atoms with Gasteiger partial charge >= 0.3 is 18.3 Å². The number of hydrogen-bond acceptors (Lipinski definition) is 2. The fourth-order valence-corrected chi connectivity index (χ4v) is 0.0933. The molecule has 8 heteroatoms. The smallest absolute Gasteiger partial charge is 0.401 e. The highest BCUT2D eigenvalue weighted by molar-refractivity contribution is 5.75. The van der Waals surface area contributed by atoms with Crippen LogP contribution in [0.3, 0.4) is 0 Å². The van der Waals surface area contributed by atoms with Gasteiger partial charge in [0.1, 0.15) is 0 Å². The highest BCUT2D eigenvalue weighted by Crippen LogP contribution is 2.22. The summed E-state index contributed by atoms with van der Waals surface area (Å²) in [6.45, 7) is 0. The molecule has 0 atom stereocenters. The van der Waals surface area contributed by atoms with Gasteiger partial charge in [0.2, 0.25) is 6.41 Å². The van der Waals surface area contributed by atoms with Crippen LogP contribution in [0.1, 0.15) is 0 Å². The number of rotatable bonds is 3. The number of nitrogens with zero attached hydrogens (tertiary/aromatic N) is 1. The minimum atomic E-state index is -4.92. The SMILES string of the molecule is CN(C)C=O.O=C(O)C(F)(F)C(F)F. The first-order chi connectivity index (χ1) is 6.16. The first kappa shape index (κ1) is 15.1. The van der Waals surface area contributed by atoms with E-state index in [0.717, 1.165) is 6.41 Å². The maximum absolute atomic E-state index is 11.3. The molecule has 84 valence electrons. The Morgan fingerprint density at radius 2 is 1.71 bits per heavy atom. The molecular formula is C6H9F4NO3. The van der Waals surface area contributed by atoms with Gasteiger partial charge < -0.3 is 10.0 Å². The van der Waals surface area contributed by atoms with Crippen molar-refractivity contribution in [2.45, 2.75) is 12.3 Å². The zero-order valence-electron chi connectivity index (χ0n) is 7.38. The standard InChI is InChI=1S/C3H2F4O2.C3H7NO/c4-1(5)3(6,7)2(8)9;1-4(2)3-5/h1H,(H,8,9);3H,1-2H3. The van der Waals surface area contributed by atoms with Crippen LogP contribution in [0.5, 0.6) is 0 Å². The molecule has 1 amide bonds. The Morgan fingerprint density at radius 1 is 1.43 bits per heavy atom. The zero-order chi connectivity index (χ0) is 11.9. The van der Waals surface area contributed by atoms with Crippen LogP contribution in [0, 0.1) is 0 Å². The highest BCUT2D eigenvalue weighted by atomic mass is 19.3. The lowest BCUT2D eigenvalue weighted by Gasteiger charge is -2.07. The molecule has 0 aliphatic heterocycles. The van der Waals surface area contributed by atoms with Crippen molar-refractivity contribution >= 4 is 12.4 Å². The minimum Gasteiger partial charge on any atom is -0.477 e. The number of halogens is 4. The number of alkyl halides is 4. The predicted molar refractivity (Wildman–Crippen MR) is 38.3 cm³/mol. The van der Waals surface area contributed by atoms with E-state index in [2.05, 4.69) is 0 Å². The van der Waals surface area contributed by atoms with E-state index in [1.165, 1.54) is 4.90 Å². The van der Waals surface area contributed by atoms with Crippen molar-refractivity contribution in [3.05, 3.63) is 0 Å². The quantitative estimate of drug-likeness (QED) is 0.560. The van der Waals surface area contributed by atoms with E-state index in [9.17, 15) is 27.2 Å². The van der Waals surface area contributed by atoms with Crippen molar-refractivity contribution < 1.29 is 32.3 Å². The third kappa shape index (κ3) is 6.21. The number of carboxylic acid groups (broad SMARTS) is 1. The second-order valence-corrected chi connectivity index (χ2v) is 2.30. The molecular weight excluding hydrogens is 210 g/mol. The van der Waals surface area contributed by atoms with Crippen molar-refractivity contribution in [3.8, 4) is 0 Å². The van der Waals surface area contributed by atoms with Gasteiger partial charge in [0, 0.05) is 14.1 Å². The van der Waals surface area contributed by atoms with Crippen LogP contribution in [-0.4, -0.2) is 48.8 Å². The summed E-state index contributed by atoms with van der Waals surface area (Å²) < 4.78 is 44.5. The van der Waals surface area contributed by atoms with Gasteiger partial charge in [-0.3, -0.25) is 4.79 Å². The summed E-state index contributed by atoms with van der Waals surface area (Å²) in [5.41, 5.74) is 0. The molecule has 0 saturated carbocycles. The largest absolute Gasteiger partial charge is 0.477 e. The molecule has 0 spiro atoms. The molecule has 0 aromatic rings. The monoisotopic (exact) mass is 219 g/mol. The van der Waals surface area contributed by atoms with E-state index >= 15 is 0 Å². The summed E-state index contributed by atoms with van der Waals surface area (Å²) in [7, 11) is 3.38. The van der Waals surface area contributed by atoms with Crippen molar-refractivity contribution in [2.24, 2.45) is 0 Å². The highest BCUT2D eigenvalue weighted by Gasteiger charge is 2.49. The summed E-state index contributed by atoms with van der Waals surface area (Å²) in [4.78, 5) is 20.1. The van der Waals surface area contributed by atoms with Crippen LogP contribution in [-0.2, 0) is 9.59 Å². The van der Waals surface area contributed by atoms with Gasteiger partial charge in [-0.05, 0) is 0 Å².